The molecule has 174 valence electrons. The SMILES string of the molecule is COCCOc1cnc(C(=O)Nc2ccc(F)c([C@H](C)C(F)(F)COC(=N)N)n2)c(N)n1. The number of carbonyl (C=O) groups is 1. The van der Waals surface area contributed by atoms with Gasteiger partial charge in [-0.15, -0.1) is 0 Å². The van der Waals surface area contributed by atoms with Crippen molar-refractivity contribution in [3.63, 3.8) is 0 Å². The number of pyridine rings is 1. The van der Waals surface area contributed by atoms with Gasteiger partial charge in [0.25, 0.3) is 17.9 Å². The Hall–Kier alpha value is -3.68. The van der Waals surface area contributed by atoms with Crippen LogP contribution in [-0.4, -0.2) is 59.7 Å². The molecule has 0 aliphatic heterocycles. The number of nitrogen functional groups attached to an aromatic ring is 1. The second kappa shape index (κ2) is 10.6. The third-order valence-corrected chi connectivity index (χ3v) is 4.11. The van der Waals surface area contributed by atoms with Gasteiger partial charge in [-0.2, -0.15) is 4.98 Å². The van der Waals surface area contributed by atoms with E-state index in [-0.39, 0.29) is 29.8 Å². The molecule has 0 saturated carbocycles. The van der Waals surface area contributed by atoms with Crippen molar-refractivity contribution in [2.75, 3.05) is 38.0 Å². The zero-order valence-electron chi connectivity index (χ0n) is 17.2. The summed E-state index contributed by atoms with van der Waals surface area (Å²) in [7, 11) is 1.49. The molecule has 0 saturated heterocycles. The van der Waals surface area contributed by atoms with Crippen LogP contribution in [0.4, 0.5) is 24.8 Å². The van der Waals surface area contributed by atoms with Gasteiger partial charge in [0.2, 0.25) is 5.88 Å². The maximum atomic E-state index is 14.3. The Kier molecular flexibility index (Phi) is 8.12. The summed E-state index contributed by atoms with van der Waals surface area (Å²) in [4.78, 5) is 24.0. The van der Waals surface area contributed by atoms with E-state index in [9.17, 15) is 18.0 Å². The minimum Gasteiger partial charge on any atom is -0.474 e. The van der Waals surface area contributed by atoms with Gasteiger partial charge in [0, 0.05) is 7.11 Å². The maximum absolute atomic E-state index is 14.3. The highest BCUT2D eigenvalue weighted by molar-refractivity contribution is 6.05. The van der Waals surface area contributed by atoms with Gasteiger partial charge in [0.15, 0.2) is 18.1 Å². The van der Waals surface area contributed by atoms with Crippen LogP contribution in [-0.2, 0) is 9.47 Å². The zero-order chi connectivity index (χ0) is 23.9. The molecular weight excluding hydrogens is 435 g/mol. The number of nitrogens with two attached hydrogens (primary N) is 2. The van der Waals surface area contributed by atoms with Crippen LogP contribution in [0.3, 0.4) is 0 Å². The Balaban J connectivity index is 2.16. The van der Waals surface area contributed by atoms with E-state index in [1.165, 1.54) is 13.3 Å². The van der Waals surface area contributed by atoms with Gasteiger partial charge in [0.05, 0.1) is 24.4 Å². The summed E-state index contributed by atoms with van der Waals surface area (Å²) in [6, 6.07) is 1.05. The van der Waals surface area contributed by atoms with Crippen molar-refractivity contribution < 1.29 is 32.2 Å². The predicted octanol–water partition coefficient (Wildman–Crippen LogP) is 1.52. The van der Waals surface area contributed by atoms with Crippen LogP contribution in [0.15, 0.2) is 18.3 Å². The molecule has 1 amide bonds. The summed E-state index contributed by atoms with van der Waals surface area (Å²) in [6.07, 6.45) is 1.17. The minimum absolute atomic E-state index is 0.0714. The first-order valence-electron chi connectivity index (χ1n) is 9.11. The van der Waals surface area contributed by atoms with Crippen molar-refractivity contribution >= 4 is 23.6 Å². The topological polar surface area (TPSA) is 171 Å². The standard InChI is InChI=1S/C18H22F3N7O4/c1-9(18(20,21)8-32-17(23)24)13-10(19)3-4-11(26-13)27-16(29)14-15(22)28-12(7-25-14)31-6-5-30-2/h3-4,7,9H,5-6,8H2,1-2H3,(H2,22,28)(H3,23,24)(H,26,27,29)/t9-/m0/s1. The quantitative estimate of drug-likeness (QED) is 0.234. The van der Waals surface area contributed by atoms with Crippen molar-refractivity contribution in [3.05, 3.63) is 35.5 Å². The molecule has 2 aromatic rings. The lowest BCUT2D eigenvalue weighted by molar-refractivity contribution is -0.0659. The Morgan fingerprint density at radius 3 is 2.66 bits per heavy atom. The molecular formula is C18H22F3N7O4. The van der Waals surface area contributed by atoms with Crippen LogP contribution < -0.4 is 21.5 Å². The number of nitrogens with one attached hydrogen (secondary N) is 2. The van der Waals surface area contributed by atoms with E-state index < -0.39 is 41.9 Å². The summed E-state index contributed by atoms with van der Waals surface area (Å²) in [6.45, 7) is 0.276. The van der Waals surface area contributed by atoms with Crippen LogP contribution >= 0.6 is 0 Å². The molecule has 0 unspecified atom stereocenters. The van der Waals surface area contributed by atoms with Crippen LogP contribution in [0.1, 0.15) is 29.0 Å². The number of amidine groups is 1. The molecule has 0 fully saturated rings. The third kappa shape index (κ3) is 6.41. The van der Waals surface area contributed by atoms with Crippen molar-refractivity contribution in [1.29, 1.82) is 5.41 Å². The second-order valence-electron chi connectivity index (χ2n) is 6.44. The van der Waals surface area contributed by atoms with Crippen molar-refractivity contribution in [1.82, 2.24) is 15.0 Å². The number of alkyl halides is 2. The molecule has 14 heteroatoms. The summed E-state index contributed by atoms with van der Waals surface area (Å²) in [5.41, 5.74) is 9.74. The van der Waals surface area contributed by atoms with Crippen molar-refractivity contribution in [2.24, 2.45) is 5.73 Å². The molecule has 1 atom stereocenters. The highest BCUT2D eigenvalue weighted by Gasteiger charge is 2.41. The lowest BCUT2D eigenvalue weighted by Gasteiger charge is -2.23. The normalized spacial score (nSPS) is 12.2. The Morgan fingerprint density at radius 1 is 1.31 bits per heavy atom. The van der Waals surface area contributed by atoms with Gasteiger partial charge >= 0.3 is 0 Å². The van der Waals surface area contributed by atoms with E-state index in [1.807, 2.05) is 0 Å². The van der Waals surface area contributed by atoms with E-state index in [1.54, 1.807) is 0 Å². The van der Waals surface area contributed by atoms with Crippen LogP contribution in [0, 0.1) is 11.2 Å². The predicted molar refractivity (Wildman–Crippen MR) is 107 cm³/mol. The first-order valence-corrected chi connectivity index (χ1v) is 9.11. The largest absolute Gasteiger partial charge is 0.474 e. The molecule has 11 nitrogen and oxygen atoms in total. The summed E-state index contributed by atoms with van der Waals surface area (Å²) >= 11 is 0. The number of methoxy groups -OCH3 is 1. The molecule has 0 aliphatic carbocycles. The molecule has 0 aliphatic rings. The highest BCUT2D eigenvalue weighted by atomic mass is 19.3. The number of hydrogen-bond acceptors (Lipinski definition) is 9. The zero-order valence-corrected chi connectivity index (χ0v) is 17.2. The first-order chi connectivity index (χ1) is 15.0. The molecule has 2 heterocycles. The summed E-state index contributed by atoms with van der Waals surface area (Å²) < 4.78 is 57.1. The van der Waals surface area contributed by atoms with Gasteiger partial charge in [-0.05, 0) is 12.1 Å². The maximum Gasteiger partial charge on any atom is 0.289 e. The number of rotatable bonds is 10. The van der Waals surface area contributed by atoms with Gasteiger partial charge in [-0.3, -0.25) is 10.2 Å². The average molecular weight is 457 g/mol. The summed E-state index contributed by atoms with van der Waals surface area (Å²) in [5, 5.41) is 9.18. The smallest absolute Gasteiger partial charge is 0.289 e. The lowest BCUT2D eigenvalue weighted by atomic mass is 9.99. The van der Waals surface area contributed by atoms with Crippen LogP contribution in [0.5, 0.6) is 5.88 Å². The fraction of sp³-hybridized carbons (Fsp3) is 0.389. The van der Waals surface area contributed by atoms with Gasteiger partial charge in [-0.1, -0.05) is 6.92 Å². The van der Waals surface area contributed by atoms with E-state index in [0.717, 1.165) is 19.1 Å². The Morgan fingerprint density at radius 2 is 2.03 bits per heavy atom. The van der Waals surface area contributed by atoms with Gasteiger partial charge < -0.3 is 31.0 Å². The van der Waals surface area contributed by atoms with E-state index in [2.05, 4.69) is 25.0 Å². The molecule has 0 aromatic carbocycles. The minimum atomic E-state index is -3.60. The number of hydrogen-bond donors (Lipinski definition) is 4. The number of ether oxygens (including phenoxy) is 3. The van der Waals surface area contributed by atoms with Gasteiger partial charge in [0.1, 0.15) is 18.2 Å². The van der Waals surface area contributed by atoms with Crippen molar-refractivity contribution in [2.45, 2.75) is 18.8 Å². The van der Waals surface area contributed by atoms with E-state index in [0.29, 0.717) is 6.61 Å². The lowest BCUT2D eigenvalue weighted by Crippen LogP contribution is -2.34. The fourth-order valence-electron chi connectivity index (χ4n) is 2.37. The number of carbonyl (C=O) groups excluding carboxylic acids is 1. The molecule has 2 rings (SSSR count). The number of aromatic nitrogens is 3. The second-order valence-corrected chi connectivity index (χ2v) is 6.44. The highest BCUT2D eigenvalue weighted by Crippen LogP contribution is 2.34. The molecule has 2 aromatic heterocycles. The number of anilines is 2. The fourth-order valence-corrected chi connectivity index (χ4v) is 2.37. The van der Waals surface area contributed by atoms with Crippen molar-refractivity contribution in [3.8, 4) is 5.88 Å². The first kappa shape index (κ1) is 24.6. The molecule has 0 radical (unpaired) electrons. The monoisotopic (exact) mass is 457 g/mol. The Bertz CT molecular complexity index is 978. The van der Waals surface area contributed by atoms with E-state index >= 15 is 0 Å². The van der Waals surface area contributed by atoms with Crippen LogP contribution in [0.2, 0.25) is 0 Å². The Labute approximate surface area is 180 Å². The van der Waals surface area contributed by atoms with E-state index in [4.69, 9.17) is 26.4 Å². The van der Waals surface area contributed by atoms with Crippen LogP contribution in [0.25, 0.3) is 0 Å². The number of amides is 1. The molecule has 32 heavy (non-hydrogen) atoms. The molecule has 0 bridgehead atoms. The molecule has 6 N–H and O–H groups in total. The summed E-state index contributed by atoms with van der Waals surface area (Å²) in [5.74, 6) is -7.62. The molecule has 0 spiro atoms. The van der Waals surface area contributed by atoms with Gasteiger partial charge in [-0.25, -0.2) is 23.1 Å². The average Bonchev–Trinajstić information content (AvgIpc) is 2.73. The number of halogens is 3. The third-order valence-electron chi connectivity index (χ3n) is 4.11. The number of nitrogens with zero attached hydrogens (tertiary/aromatic N) is 3.